The van der Waals surface area contributed by atoms with Crippen LogP contribution in [0.3, 0.4) is 0 Å². The van der Waals surface area contributed by atoms with E-state index in [4.69, 9.17) is 9.47 Å². The predicted molar refractivity (Wildman–Crippen MR) is 96.5 cm³/mol. The van der Waals surface area contributed by atoms with Crippen molar-refractivity contribution >= 4 is 17.5 Å². The van der Waals surface area contributed by atoms with Crippen molar-refractivity contribution in [3.63, 3.8) is 0 Å². The van der Waals surface area contributed by atoms with E-state index in [2.05, 4.69) is 20.6 Å². The molecule has 134 valence electrons. The molecule has 0 aliphatic rings. The summed E-state index contributed by atoms with van der Waals surface area (Å²) in [4.78, 5) is 20.7. The van der Waals surface area contributed by atoms with E-state index >= 15 is 0 Å². The molecule has 0 saturated carbocycles. The van der Waals surface area contributed by atoms with Crippen molar-refractivity contribution in [1.29, 1.82) is 0 Å². The number of hydrogen-bond donors (Lipinski definition) is 2. The third-order valence-corrected chi connectivity index (χ3v) is 3.16. The van der Waals surface area contributed by atoms with E-state index in [1.165, 1.54) is 0 Å². The van der Waals surface area contributed by atoms with Crippen LogP contribution in [0.2, 0.25) is 0 Å². The van der Waals surface area contributed by atoms with Crippen LogP contribution < -0.4 is 15.4 Å². The van der Waals surface area contributed by atoms with Crippen LogP contribution in [0, 0.1) is 6.92 Å². The molecule has 0 fully saturated rings. The third kappa shape index (κ3) is 6.04. The zero-order chi connectivity index (χ0) is 18.2. The first-order valence-corrected chi connectivity index (χ1v) is 8.14. The van der Waals surface area contributed by atoms with Crippen molar-refractivity contribution in [2.75, 3.05) is 25.6 Å². The molecule has 0 aliphatic heterocycles. The lowest BCUT2D eigenvalue weighted by atomic mass is 10.3. The monoisotopic (exact) mass is 344 g/mol. The molecule has 0 aliphatic carbocycles. The van der Waals surface area contributed by atoms with Gasteiger partial charge in [-0.25, -0.2) is 9.97 Å². The van der Waals surface area contributed by atoms with Crippen LogP contribution in [0.5, 0.6) is 5.75 Å². The van der Waals surface area contributed by atoms with Gasteiger partial charge in [0.1, 0.15) is 11.4 Å². The van der Waals surface area contributed by atoms with E-state index in [1.54, 1.807) is 13.2 Å². The lowest BCUT2D eigenvalue weighted by Gasteiger charge is -2.11. The van der Waals surface area contributed by atoms with E-state index in [-0.39, 0.29) is 12.0 Å². The summed E-state index contributed by atoms with van der Waals surface area (Å²) < 4.78 is 10.5. The Bertz CT molecular complexity index is 702. The summed E-state index contributed by atoms with van der Waals surface area (Å²) in [6.07, 6.45) is 0.123. The minimum atomic E-state index is -0.258. The highest BCUT2D eigenvalue weighted by atomic mass is 16.5. The molecule has 2 aromatic rings. The lowest BCUT2D eigenvalue weighted by molar-refractivity contribution is 0.0932. The van der Waals surface area contributed by atoms with E-state index in [0.717, 1.165) is 11.4 Å². The van der Waals surface area contributed by atoms with Gasteiger partial charge >= 0.3 is 0 Å². The number of aryl methyl sites for hydroxylation is 1. The van der Waals surface area contributed by atoms with Crippen LogP contribution in [0.4, 0.5) is 11.6 Å². The number of aromatic nitrogens is 2. The first-order valence-electron chi connectivity index (χ1n) is 8.14. The fourth-order valence-electron chi connectivity index (χ4n) is 2.12. The van der Waals surface area contributed by atoms with Gasteiger partial charge in [-0.1, -0.05) is 0 Å². The molecule has 0 unspecified atom stereocenters. The van der Waals surface area contributed by atoms with Gasteiger partial charge < -0.3 is 20.1 Å². The molecule has 0 radical (unpaired) electrons. The van der Waals surface area contributed by atoms with Gasteiger partial charge in [-0.15, -0.1) is 0 Å². The Morgan fingerprint density at radius 2 is 1.92 bits per heavy atom. The van der Waals surface area contributed by atoms with Crippen LogP contribution >= 0.6 is 0 Å². The Morgan fingerprint density at radius 1 is 1.20 bits per heavy atom. The number of benzene rings is 1. The van der Waals surface area contributed by atoms with Crippen molar-refractivity contribution in [2.45, 2.75) is 26.9 Å². The van der Waals surface area contributed by atoms with Gasteiger partial charge in [0.15, 0.2) is 0 Å². The number of nitrogens with one attached hydrogen (secondary N) is 2. The molecule has 7 nitrogen and oxygen atoms in total. The van der Waals surface area contributed by atoms with Crippen LogP contribution in [-0.4, -0.2) is 42.2 Å². The van der Waals surface area contributed by atoms with Crippen LogP contribution in [0.1, 0.15) is 30.0 Å². The number of carbonyl (C=O) groups is 1. The third-order valence-electron chi connectivity index (χ3n) is 3.16. The second kappa shape index (κ2) is 8.98. The van der Waals surface area contributed by atoms with Gasteiger partial charge in [0.25, 0.3) is 5.91 Å². The molecular weight excluding hydrogens is 320 g/mol. The Labute approximate surface area is 147 Å². The summed E-state index contributed by atoms with van der Waals surface area (Å²) in [6.45, 7) is 6.65. The second-order valence-electron chi connectivity index (χ2n) is 5.78. The van der Waals surface area contributed by atoms with Crippen molar-refractivity contribution in [3.8, 4) is 5.75 Å². The predicted octanol–water partition coefficient (Wildman–Crippen LogP) is 2.69. The molecular formula is C18H24N4O3. The first-order chi connectivity index (χ1) is 12.0. The van der Waals surface area contributed by atoms with E-state index < -0.39 is 0 Å². The number of rotatable bonds is 8. The highest BCUT2D eigenvalue weighted by Crippen LogP contribution is 2.19. The summed E-state index contributed by atoms with van der Waals surface area (Å²) in [7, 11) is 1.58. The maximum Gasteiger partial charge on any atom is 0.270 e. The molecule has 2 N–H and O–H groups in total. The Balaban J connectivity index is 2.07. The second-order valence-corrected chi connectivity index (χ2v) is 5.78. The standard InChI is InChI=1S/C18H24N4O3/c1-12(2)25-15-7-5-14(6-8-15)21-18-20-13(3)11-16(22-18)17(23)19-9-10-24-4/h5-8,11-12H,9-10H2,1-4H3,(H,19,23)(H,20,21,22). The molecule has 0 spiro atoms. The fourth-order valence-corrected chi connectivity index (χ4v) is 2.12. The van der Waals surface area contributed by atoms with Crippen LogP contribution in [-0.2, 0) is 4.74 Å². The van der Waals surface area contributed by atoms with Crippen molar-refractivity contribution in [2.24, 2.45) is 0 Å². The molecule has 25 heavy (non-hydrogen) atoms. The smallest absolute Gasteiger partial charge is 0.270 e. The van der Waals surface area contributed by atoms with Crippen molar-refractivity contribution in [1.82, 2.24) is 15.3 Å². The van der Waals surface area contributed by atoms with Gasteiger partial charge in [0.2, 0.25) is 5.95 Å². The average Bonchev–Trinajstić information content (AvgIpc) is 2.56. The molecule has 1 heterocycles. The fraction of sp³-hybridized carbons (Fsp3) is 0.389. The number of anilines is 2. The lowest BCUT2D eigenvalue weighted by Crippen LogP contribution is -2.28. The van der Waals surface area contributed by atoms with Gasteiger partial charge in [-0.05, 0) is 51.1 Å². The number of nitrogens with zero attached hydrogens (tertiary/aromatic N) is 2. The Kier molecular flexibility index (Phi) is 6.71. The molecule has 7 heteroatoms. The normalized spacial score (nSPS) is 10.6. The maximum absolute atomic E-state index is 12.1. The van der Waals surface area contributed by atoms with E-state index in [0.29, 0.717) is 30.5 Å². The maximum atomic E-state index is 12.1. The number of carbonyl (C=O) groups excluding carboxylic acids is 1. The summed E-state index contributed by atoms with van der Waals surface area (Å²) >= 11 is 0. The minimum Gasteiger partial charge on any atom is -0.491 e. The minimum absolute atomic E-state index is 0.123. The molecule has 0 atom stereocenters. The van der Waals surface area contributed by atoms with Gasteiger partial charge in [0, 0.05) is 25.0 Å². The molecule has 1 aromatic carbocycles. The summed E-state index contributed by atoms with van der Waals surface area (Å²) in [5.41, 5.74) is 1.83. The quantitative estimate of drug-likeness (QED) is 0.716. The number of ether oxygens (including phenoxy) is 2. The van der Waals surface area contributed by atoms with Gasteiger partial charge in [0.05, 0.1) is 12.7 Å². The van der Waals surface area contributed by atoms with Gasteiger partial charge in [-0.2, -0.15) is 0 Å². The van der Waals surface area contributed by atoms with Crippen molar-refractivity contribution < 1.29 is 14.3 Å². The summed E-state index contributed by atoms with van der Waals surface area (Å²) in [6, 6.07) is 9.14. The molecule has 2 rings (SSSR count). The molecule has 0 bridgehead atoms. The summed E-state index contributed by atoms with van der Waals surface area (Å²) in [5, 5.41) is 5.85. The van der Waals surface area contributed by atoms with E-state index in [9.17, 15) is 4.79 Å². The topological polar surface area (TPSA) is 85.4 Å². The zero-order valence-corrected chi connectivity index (χ0v) is 15.0. The van der Waals surface area contributed by atoms with Gasteiger partial charge in [-0.3, -0.25) is 4.79 Å². The van der Waals surface area contributed by atoms with Crippen LogP contribution in [0.15, 0.2) is 30.3 Å². The first kappa shape index (κ1) is 18.7. The van der Waals surface area contributed by atoms with Crippen LogP contribution in [0.25, 0.3) is 0 Å². The Hall–Kier alpha value is -2.67. The molecule has 1 aromatic heterocycles. The highest BCUT2D eigenvalue weighted by molar-refractivity contribution is 5.92. The number of methoxy groups -OCH3 is 1. The average molecular weight is 344 g/mol. The highest BCUT2D eigenvalue weighted by Gasteiger charge is 2.10. The molecule has 1 amide bonds. The van der Waals surface area contributed by atoms with E-state index in [1.807, 2.05) is 45.0 Å². The molecule has 0 saturated heterocycles. The number of amides is 1. The SMILES string of the molecule is COCCNC(=O)c1cc(C)nc(Nc2ccc(OC(C)C)cc2)n1. The number of hydrogen-bond acceptors (Lipinski definition) is 6. The zero-order valence-electron chi connectivity index (χ0n) is 15.0. The summed E-state index contributed by atoms with van der Waals surface area (Å²) in [5.74, 6) is 0.907. The van der Waals surface area contributed by atoms with Crippen molar-refractivity contribution in [3.05, 3.63) is 41.7 Å². The largest absolute Gasteiger partial charge is 0.491 e. The Morgan fingerprint density at radius 3 is 2.56 bits per heavy atom.